The van der Waals surface area contributed by atoms with Crippen LogP contribution in [0.5, 0.6) is 0 Å². The van der Waals surface area contributed by atoms with Crippen molar-refractivity contribution in [3.8, 4) is 33.6 Å². The van der Waals surface area contributed by atoms with Gasteiger partial charge in [-0.05, 0) is 79.0 Å². The van der Waals surface area contributed by atoms with E-state index in [2.05, 4.69) is 106 Å². The number of H-pyrrole nitrogens is 2. The first kappa shape index (κ1) is 45.2. The second kappa shape index (κ2) is 19.8. The number of aromatic amines is 2. The Balaban J connectivity index is 1.05. The third kappa shape index (κ3) is 9.51. The fourth-order valence-electron chi connectivity index (χ4n) is 9.11. The van der Waals surface area contributed by atoms with Crippen LogP contribution < -0.4 is 15.5 Å². The Hall–Kier alpha value is -7.42. The maximum Gasteiger partial charge on any atom is 0.407 e. The molecule has 4 atom stereocenters. The van der Waals surface area contributed by atoms with Gasteiger partial charge in [0, 0.05) is 42.6 Å². The molecule has 2 fully saturated rings. The Morgan fingerprint density at radius 3 is 1.88 bits per heavy atom. The number of rotatable bonds is 13. The molecule has 6 aromatic rings. The monoisotopic (exact) mass is 891 g/mol. The molecule has 0 spiro atoms. The summed E-state index contributed by atoms with van der Waals surface area (Å²) in [7, 11) is 4.64. The number of likely N-dealkylation sites (tertiary alicyclic amines) is 2. The van der Waals surface area contributed by atoms with Gasteiger partial charge in [-0.25, -0.2) is 19.6 Å². The van der Waals surface area contributed by atoms with Gasteiger partial charge < -0.3 is 44.8 Å². The van der Waals surface area contributed by atoms with E-state index in [0.29, 0.717) is 30.3 Å². The minimum absolute atomic E-state index is 0.132. The zero-order valence-electron chi connectivity index (χ0n) is 38.2. The molecule has 15 heteroatoms. The zero-order valence-corrected chi connectivity index (χ0v) is 38.2. The maximum absolute atomic E-state index is 14.1. The van der Waals surface area contributed by atoms with E-state index in [1.54, 1.807) is 11.1 Å². The molecule has 15 nitrogen and oxygen atoms in total. The molecule has 4 amide bonds. The Labute approximate surface area is 384 Å². The smallest absolute Gasteiger partial charge is 0.407 e. The van der Waals surface area contributed by atoms with Crippen molar-refractivity contribution in [2.24, 2.45) is 5.92 Å². The van der Waals surface area contributed by atoms with Crippen molar-refractivity contribution in [2.75, 3.05) is 39.3 Å². The fraction of sp³-hybridized carbons (Fsp3) is 0.333. The van der Waals surface area contributed by atoms with Gasteiger partial charge in [-0.3, -0.25) is 9.59 Å². The highest BCUT2D eigenvalue weighted by Gasteiger charge is 2.39. The lowest BCUT2D eigenvalue weighted by molar-refractivity contribution is -0.135. The van der Waals surface area contributed by atoms with Gasteiger partial charge in [0.25, 0.3) is 5.91 Å². The van der Waals surface area contributed by atoms with E-state index in [0.717, 1.165) is 76.3 Å². The first-order chi connectivity index (χ1) is 31.9. The third-order valence-electron chi connectivity index (χ3n) is 12.7. The van der Waals surface area contributed by atoms with E-state index in [9.17, 15) is 19.2 Å². The summed E-state index contributed by atoms with van der Waals surface area (Å²) in [6, 6.07) is 30.1. The van der Waals surface area contributed by atoms with Crippen LogP contribution in [0.15, 0.2) is 109 Å². The van der Waals surface area contributed by atoms with Gasteiger partial charge in [-0.1, -0.05) is 92.7 Å². The molecule has 4 N–H and O–H groups in total. The van der Waals surface area contributed by atoms with E-state index < -0.39 is 24.3 Å². The number of methoxy groups -OCH3 is 2. The number of alkyl carbamates (subject to hydrolysis) is 2. The predicted octanol–water partition coefficient (Wildman–Crippen LogP) is 9.02. The van der Waals surface area contributed by atoms with Crippen LogP contribution in [0.2, 0.25) is 0 Å². The first-order valence-corrected chi connectivity index (χ1v) is 22.4. The van der Waals surface area contributed by atoms with Gasteiger partial charge in [-0.15, -0.1) is 0 Å². The zero-order chi connectivity index (χ0) is 46.5. The van der Waals surface area contributed by atoms with Crippen LogP contribution in [0.4, 0.5) is 21.0 Å². The number of benzene rings is 4. The largest absolute Gasteiger partial charge is 0.453 e. The van der Waals surface area contributed by atoms with Crippen molar-refractivity contribution in [1.29, 1.82) is 0 Å². The van der Waals surface area contributed by atoms with Crippen LogP contribution in [0.3, 0.4) is 0 Å². The van der Waals surface area contributed by atoms with E-state index in [1.807, 2.05) is 55.3 Å². The molecule has 0 radical (unpaired) electrons. The van der Waals surface area contributed by atoms with E-state index in [4.69, 9.17) is 19.4 Å². The number of aryl methyl sites for hydroxylation is 1. The van der Waals surface area contributed by atoms with Crippen LogP contribution in [-0.2, 0) is 19.1 Å². The molecular formula is C51H57N9O6. The average molecular weight is 892 g/mol. The van der Waals surface area contributed by atoms with E-state index in [1.165, 1.54) is 14.2 Å². The van der Waals surface area contributed by atoms with Gasteiger partial charge in [0.15, 0.2) is 0 Å². The van der Waals surface area contributed by atoms with Gasteiger partial charge >= 0.3 is 12.2 Å². The molecule has 2 aliphatic rings. The van der Waals surface area contributed by atoms with Gasteiger partial charge in [0.05, 0.1) is 50.1 Å². The summed E-state index contributed by atoms with van der Waals surface area (Å²) in [5, 5.41) is 5.45. The molecule has 2 aromatic heterocycles. The number of anilines is 2. The van der Waals surface area contributed by atoms with Crippen molar-refractivity contribution in [3.63, 3.8) is 0 Å². The molecule has 0 unspecified atom stereocenters. The van der Waals surface area contributed by atoms with Crippen LogP contribution in [-0.4, -0.2) is 94.1 Å². The molecule has 4 heterocycles. The molecule has 8 rings (SSSR count). The van der Waals surface area contributed by atoms with Gasteiger partial charge in [-0.2, -0.15) is 0 Å². The fourth-order valence-corrected chi connectivity index (χ4v) is 9.11. The Morgan fingerprint density at radius 1 is 0.697 bits per heavy atom. The summed E-state index contributed by atoms with van der Waals surface area (Å²) in [5.74, 6) is 0.878. The van der Waals surface area contributed by atoms with E-state index in [-0.39, 0.29) is 29.8 Å². The number of carbonyl (C=O) groups is 4. The number of carbonyl (C=O) groups excluding carboxylic acids is 4. The summed E-state index contributed by atoms with van der Waals surface area (Å²) in [6.07, 6.45) is 5.43. The van der Waals surface area contributed by atoms with Crippen molar-refractivity contribution in [2.45, 2.75) is 70.6 Å². The first-order valence-electron chi connectivity index (χ1n) is 22.4. The normalized spacial score (nSPS) is 16.8. The van der Waals surface area contributed by atoms with Crippen molar-refractivity contribution in [3.05, 3.63) is 132 Å². The number of nitrogens with one attached hydrogen (secondary N) is 4. The SMILES string of the molecule is COC(=O)N[C@H](C(=O)N1CCC[C@H]1c1ncc(-c2ccc(-c3ccc(-c4cnc([C@@H]5CCCN5C(=O)[C@H](NC(=O)OC)c5ccccc5)[nH]4)cc3)c(N(C)c3cccc(C)c3)c2)[nH]1)C(C)C. The predicted molar refractivity (Wildman–Crippen MR) is 253 cm³/mol. The number of aromatic nitrogens is 4. The van der Waals surface area contributed by atoms with Crippen molar-refractivity contribution in [1.82, 2.24) is 40.4 Å². The average Bonchev–Trinajstić information content (AvgIpc) is 4.19. The number of hydrogen-bond acceptors (Lipinski definition) is 9. The molecule has 2 aliphatic heterocycles. The van der Waals surface area contributed by atoms with Crippen molar-refractivity contribution < 1.29 is 28.7 Å². The van der Waals surface area contributed by atoms with Gasteiger partial charge in [0.2, 0.25) is 5.91 Å². The number of nitrogens with zero attached hydrogens (tertiary/aromatic N) is 5. The maximum atomic E-state index is 14.1. The van der Waals surface area contributed by atoms with Crippen molar-refractivity contribution >= 4 is 35.4 Å². The van der Waals surface area contributed by atoms with Crippen LogP contribution >= 0.6 is 0 Å². The summed E-state index contributed by atoms with van der Waals surface area (Å²) < 4.78 is 9.67. The Kier molecular flexibility index (Phi) is 13.5. The number of amides is 4. The second-order valence-corrected chi connectivity index (χ2v) is 17.3. The lowest BCUT2D eigenvalue weighted by Crippen LogP contribution is -2.51. The summed E-state index contributed by atoms with van der Waals surface area (Å²) in [4.78, 5) is 74.7. The molecule has 0 aliphatic carbocycles. The molecule has 342 valence electrons. The lowest BCUT2D eigenvalue weighted by atomic mass is 9.98. The minimum Gasteiger partial charge on any atom is -0.453 e. The summed E-state index contributed by atoms with van der Waals surface area (Å²) in [5.41, 5.74) is 9.42. The Bertz CT molecular complexity index is 2680. The van der Waals surface area contributed by atoms with Gasteiger partial charge in [0.1, 0.15) is 23.7 Å². The molecular weight excluding hydrogens is 835 g/mol. The highest BCUT2D eigenvalue weighted by molar-refractivity contribution is 5.89. The van der Waals surface area contributed by atoms with Crippen LogP contribution in [0.25, 0.3) is 33.6 Å². The highest BCUT2D eigenvalue weighted by atomic mass is 16.5. The minimum atomic E-state index is -0.899. The standard InChI is InChI=1S/C51H57N9O6/c1-31(2)44(56-50(63)65-5)48(61)59-25-11-17-41(59)47-53-30-40(55-47)36-23-24-38(43(28-36)58(4)37-16-10-13-32(3)27-37)33-19-21-34(22-20-33)39-29-52-46(54-39)42-18-12-26-60(42)49(62)45(57-51(64)66-6)35-14-8-7-9-15-35/h7-10,13-16,19-24,27-31,41-42,44-45H,11-12,17-18,25-26H2,1-6H3,(H,52,54)(H,53,55)(H,56,63)(H,57,64)/t41-,42-,44-,45+/m0/s1. The number of hydrogen-bond donors (Lipinski definition) is 4. The summed E-state index contributed by atoms with van der Waals surface area (Å²) in [6.45, 7) is 7.00. The van der Waals surface area contributed by atoms with Crippen LogP contribution in [0, 0.1) is 12.8 Å². The lowest BCUT2D eigenvalue weighted by Gasteiger charge is -2.30. The number of ether oxygens (including phenoxy) is 2. The molecule has 0 bridgehead atoms. The highest BCUT2D eigenvalue weighted by Crippen LogP contribution is 2.40. The molecule has 0 saturated carbocycles. The molecule has 2 saturated heterocycles. The number of imidazole rings is 2. The third-order valence-corrected chi connectivity index (χ3v) is 12.7. The van der Waals surface area contributed by atoms with E-state index >= 15 is 0 Å². The van der Waals surface area contributed by atoms with Crippen LogP contribution in [0.1, 0.15) is 80.4 Å². The topological polar surface area (TPSA) is 178 Å². The molecule has 4 aromatic carbocycles. The second-order valence-electron chi connectivity index (χ2n) is 17.3. The quantitative estimate of drug-likeness (QED) is 0.0881. The summed E-state index contributed by atoms with van der Waals surface area (Å²) >= 11 is 0. The molecule has 66 heavy (non-hydrogen) atoms. The Morgan fingerprint density at radius 2 is 1.27 bits per heavy atom.